The van der Waals surface area contributed by atoms with Crippen molar-refractivity contribution in [1.82, 2.24) is 4.98 Å². The second kappa shape index (κ2) is 8.84. The Morgan fingerprint density at radius 3 is 2.85 bits per heavy atom. The first-order chi connectivity index (χ1) is 13.0. The standard InChI is InChI=1S/C18H16Cl2N2O4S/c1-2-24-5-6-25-17(23)15-4-3-13(9-21-15)22-10-11-7-12(19)8-14(20)16(11)26-18(22)27/h3-4,7-9H,2,5-6,10H2,1H3. The molecule has 27 heavy (non-hydrogen) atoms. The van der Waals surface area contributed by atoms with Crippen molar-refractivity contribution in [2.24, 2.45) is 0 Å². The van der Waals surface area contributed by atoms with Crippen LogP contribution >= 0.6 is 35.4 Å². The summed E-state index contributed by atoms with van der Waals surface area (Å²) in [6.45, 7) is 3.40. The Morgan fingerprint density at radius 1 is 1.33 bits per heavy atom. The number of nitrogens with zero attached hydrogens (tertiary/aromatic N) is 2. The zero-order chi connectivity index (χ0) is 19.4. The molecule has 1 aromatic carbocycles. The minimum atomic E-state index is -0.511. The molecule has 1 aromatic heterocycles. The van der Waals surface area contributed by atoms with Crippen LogP contribution in [0.4, 0.5) is 5.69 Å². The number of fused-ring (bicyclic) bond motifs is 1. The molecule has 2 aromatic rings. The molecule has 0 spiro atoms. The molecule has 2 heterocycles. The molecular weight excluding hydrogens is 411 g/mol. The van der Waals surface area contributed by atoms with Crippen LogP contribution in [-0.4, -0.2) is 35.9 Å². The van der Waals surface area contributed by atoms with Crippen LogP contribution in [0, 0.1) is 0 Å². The SMILES string of the molecule is CCOCCOC(=O)c1ccc(N2Cc3cc(Cl)cc(Cl)c3OC2=S)cn1. The van der Waals surface area contributed by atoms with Gasteiger partial charge in [-0.2, -0.15) is 0 Å². The summed E-state index contributed by atoms with van der Waals surface area (Å²) in [5.41, 5.74) is 1.68. The summed E-state index contributed by atoms with van der Waals surface area (Å²) in [4.78, 5) is 17.9. The van der Waals surface area contributed by atoms with Gasteiger partial charge in [0, 0.05) is 17.2 Å². The van der Waals surface area contributed by atoms with Gasteiger partial charge in [-0.05, 0) is 43.4 Å². The molecule has 0 aliphatic carbocycles. The number of carbonyl (C=O) groups excluding carboxylic acids is 1. The Labute approximate surface area is 171 Å². The van der Waals surface area contributed by atoms with Crippen molar-refractivity contribution < 1.29 is 19.0 Å². The molecule has 0 amide bonds. The number of hydrogen-bond donors (Lipinski definition) is 0. The highest BCUT2D eigenvalue weighted by Crippen LogP contribution is 2.37. The fraction of sp³-hybridized carbons (Fsp3) is 0.278. The number of benzene rings is 1. The van der Waals surface area contributed by atoms with E-state index in [9.17, 15) is 4.79 Å². The van der Waals surface area contributed by atoms with Crippen molar-refractivity contribution in [3.63, 3.8) is 0 Å². The van der Waals surface area contributed by atoms with E-state index in [1.807, 2.05) is 6.92 Å². The van der Waals surface area contributed by atoms with Crippen LogP contribution in [0.5, 0.6) is 5.75 Å². The molecule has 0 atom stereocenters. The lowest BCUT2D eigenvalue weighted by Gasteiger charge is -2.30. The smallest absolute Gasteiger partial charge is 0.356 e. The van der Waals surface area contributed by atoms with Crippen molar-refractivity contribution >= 4 is 52.3 Å². The maximum atomic E-state index is 12.0. The molecule has 0 N–H and O–H groups in total. The molecule has 0 saturated carbocycles. The first kappa shape index (κ1) is 19.8. The summed E-state index contributed by atoms with van der Waals surface area (Å²) < 4.78 is 15.9. The molecule has 0 radical (unpaired) electrons. The molecule has 0 unspecified atom stereocenters. The second-order valence-electron chi connectivity index (χ2n) is 5.56. The highest BCUT2D eigenvalue weighted by Gasteiger charge is 2.26. The summed E-state index contributed by atoms with van der Waals surface area (Å²) in [6.07, 6.45) is 1.53. The van der Waals surface area contributed by atoms with Crippen molar-refractivity contribution in [2.75, 3.05) is 24.7 Å². The monoisotopic (exact) mass is 426 g/mol. The van der Waals surface area contributed by atoms with Crippen LogP contribution in [0.15, 0.2) is 30.5 Å². The van der Waals surface area contributed by atoms with Gasteiger partial charge in [-0.3, -0.25) is 4.90 Å². The van der Waals surface area contributed by atoms with E-state index < -0.39 is 5.97 Å². The molecule has 0 bridgehead atoms. The lowest BCUT2D eigenvalue weighted by atomic mass is 10.1. The Hall–Kier alpha value is -1.93. The first-order valence-corrected chi connectivity index (χ1v) is 9.34. The van der Waals surface area contributed by atoms with Crippen LogP contribution in [0.1, 0.15) is 23.0 Å². The zero-order valence-electron chi connectivity index (χ0n) is 14.4. The van der Waals surface area contributed by atoms with Gasteiger partial charge >= 0.3 is 5.97 Å². The summed E-state index contributed by atoms with van der Waals surface area (Å²) in [5, 5.41) is 1.15. The number of thiocarbonyl (C=S) groups is 1. The Morgan fingerprint density at radius 2 is 2.15 bits per heavy atom. The molecule has 9 heteroatoms. The largest absolute Gasteiger partial charge is 0.459 e. The van der Waals surface area contributed by atoms with Crippen LogP contribution < -0.4 is 9.64 Å². The van der Waals surface area contributed by atoms with E-state index in [2.05, 4.69) is 4.98 Å². The lowest BCUT2D eigenvalue weighted by Crippen LogP contribution is -2.37. The minimum absolute atomic E-state index is 0.179. The van der Waals surface area contributed by atoms with Crippen LogP contribution in [0.3, 0.4) is 0 Å². The third-order valence-corrected chi connectivity index (χ3v) is 4.56. The predicted octanol–water partition coefficient (Wildman–Crippen LogP) is 4.27. The van der Waals surface area contributed by atoms with E-state index >= 15 is 0 Å². The average molecular weight is 427 g/mol. The van der Waals surface area contributed by atoms with Crippen LogP contribution in [-0.2, 0) is 16.0 Å². The Balaban J connectivity index is 1.71. The molecule has 1 aliphatic heterocycles. The molecular formula is C18H16Cl2N2O4S. The van der Waals surface area contributed by atoms with E-state index in [0.717, 1.165) is 5.56 Å². The van der Waals surface area contributed by atoms with Gasteiger partial charge in [-0.15, -0.1) is 0 Å². The number of ether oxygens (including phenoxy) is 3. The lowest BCUT2D eigenvalue weighted by molar-refractivity contribution is 0.0329. The number of carbonyl (C=O) groups is 1. The first-order valence-electron chi connectivity index (χ1n) is 8.17. The minimum Gasteiger partial charge on any atom is -0.459 e. The third-order valence-electron chi connectivity index (χ3n) is 3.76. The Bertz CT molecular complexity index is 861. The van der Waals surface area contributed by atoms with Gasteiger partial charge in [-0.1, -0.05) is 23.2 Å². The third kappa shape index (κ3) is 4.68. The van der Waals surface area contributed by atoms with E-state index in [1.165, 1.54) is 6.20 Å². The molecule has 6 nitrogen and oxygen atoms in total. The predicted molar refractivity (Wildman–Crippen MR) is 107 cm³/mol. The van der Waals surface area contributed by atoms with E-state index in [4.69, 9.17) is 49.6 Å². The van der Waals surface area contributed by atoms with Gasteiger partial charge in [-0.25, -0.2) is 9.78 Å². The second-order valence-corrected chi connectivity index (χ2v) is 6.76. The Kier molecular flexibility index (Phi) is 6.49. The molecule has 142 valence electrons. The highest BCUT2D eigenvalue weighted by molar-refractivity contribution is 7.80. The van der Waals surface area contributed by atoms with E-state index in [1.54, 1.807) is 29.2 Å². The normalized spacial score (nSPS) is 13.1. The quantitative estimate of drug-likeness (QED) is 0.388. The number of esters is 1. The number of aromatic nitrogens is 1. The van der Waals surface area contributed by atoms with Gasteiger partial charge in [0.15, 0.2) is 5.75 Å². The number of pyridine rings is 1. The summed E-state index contributed by atoms with van der Waals surface area (Å²) >= 11 is 17.6. The van der Waals surface area contributed by atoms with Gasteiger partial charge < -0.3 is 14.2 Å². The van der Waals surface area contributed by atoms with Crippen LogP contribution in [0.2, 0.25) is 10.0 Å². The highest BCUT2D eigenvalue weighted by atomic mass is 35.5. The van der Waals surface area contributed by atoms with E-state index in [0.29, 0.717) is 41.2 Å². The summed E-state index contributed by atoms with van der Waals surface area (Å²) in [5.74, 6) is -0.00703. The molecule has 0 fully saturated rings. The fourth-order valence-corrected chi connectivity index (χ4v) is 3.32. The maximum Gasteiger partial charge on any atom is 0.356 e. The van der Waals surface area contributed by atoms with E-state index in [-0.39, 0.29) is 17.5 Å². The fourth-order valence-electron chi connectivity index (χ4n) is 2.50. The van der Waals surface area contributed by atoms with Gasteiger partial charge in [0.1, 0.15) is 12.3 Å². The number of hydrogen-bond acceptors (Lipinski definition) is 6. The maximum absolute atomic E-state index is 12.0. The van der Waals surface area contributed by atoms with Crippen molar-refractivity contribution in [3.05, 3.63) is 51.8 Å². The molecule has 0 saturated heterocycles. The molecule has 1 aliphatic rings. The summed E-state index contributed by atoms with van der Waals surface area (Å²) in [6, 6.07) is 6.67. The zero-order valence-corrected chi connectivity index (χ0v) is 16.7. The number of halogens is 2. The van der Waals surface area contributed by atoms with Gasteiger partial charge in [0.2, 0.25) is 0 Å². The van der Waals surface area contributed by atoms with Crippen molar-refractivity contribution in [3.8, 4) is 5.75 Å². The van der Waals surface area contributed by atoms with Crippen molar-refractivity contribution in [2.45, 2.75) is 13.5 Å². The average Bonchev–Trinajstić information content (AvgIpc) is 2.65. The summed E-state index contributed by atoms with van der Waals surface area (Å²) in [7, 11) is 0. The van der Waals surface area contributed by atoms with Gasteiger partial charge in [0.25, 0.3) is 5.17 Å². The number of rotatable bonds is 6. The van der Waals surface area contributed by atoms with Crippen LogP contribution in [0.25, 0.3) is 0 Å². The number of anilines is 1. The topological polar surface area (TPSA) is 60.9 Å². The molecule has 3 rings (SSSR count). The van der Waals surface area contributed by atoms with Gasteiger partial charge in [0.05, 0.1) is 30.1 Å². The van der Waals surface area contributed by atoms with Crippen molar-refractivity contribution in [1.29, 1.82) is 0 Å².